The van der Waals surface area contributed by atoms with Crippen molar-refractivity contribution in [2.75, 3.05) is 25.4 Å². The Morgan fingerprint density at radius 3 is 2.87 bits per heavy atom. The van der Waals surface area contributed by atoms with Gasteiger partial charge in [0.25, 0.3) is 0 Å². The number of urea groups is 1. The molecule has 3 rings (SSSR count). The molecule has 1 atom stereocenters. The van der Waals surface area contributed by atoms with Gasteiger partial charge in [0.15, 0.2) is 0 Å². The van der Waals surface area contributed by atoms with Crippen LogP contribution in [0.15, 0.2) is 23.1 Å². The zero-order valence-corrected chi connectivity index (χ0v) is 13.6. The second-order valence-corrected chi connectivity index (χ2v) is 6.87. The van der Waals surface area contributed by atoms with Crippen molar-refractivity contribution in [1.82, 2.24) is 15.5 Å². The van der Waals surface area contributed by atoms with Crippen LogP contribution in [-0.4, -0.2) is 42.2 Å². The van der Waals surface area contributed by atoms with Crippen LogP contribution in [0.3, 0.4) is 0 Å². The second kappa shape index (κ2) is 7.21. The molecular weight excluding hydrogens is 317 g/mol. The van der Waals surface area contributed by atoms with E-state index in [2.05, 4.69) is 10.6 Å². The van der Waals surface area contributed by atoms with Crippen molar-refractivity contribution in [2.24, 2.45) is 0 Å². The molecule has 2 aliphatic heterocycles. The fraction of sp³-hybridized carbons (Fsp3) is 0.500. The van der Waals surface area contributed by atoms with Gasteiger partial charge in [-0.25, -0.2) is 9.18 Å². The van der Waals surface area contributed by atoms with E-state index in [-0.39, 0.29) is 30.3 Å². The Labute approximate surface area is 139 Å². The summed E-state index contributed by atoms with van der Waals surface area (Å²) in [7, 11) is 0. The van der Waals surface area contributed by atoms with Crippen LogP contribution < -0.4 is 10.6 Å². The zero-order valence-electron chi connectivity index (χ0n) is 12.8. The number of nitrogens with one attached hydrogen (secondary N) is 2. The number of benzene rings is 1. The molecule has 2 N–H and O–H groups in total. The van der Waals surface area contributed by atoms with E-state index in [4.69, 9.17) is 0 Å². The molecule has 124 valence electrons. The molecule has 0 aromatic heterocycles. The van der Waals surface area contributed by atoms with E-state index in [1.165, 1.54) is 17.8 Å². The predicted molar refractivity (Wildman–Crippen MR) is 86.8 cm³/mol. The number of fused-ring (bicyclic) bond motifs is 1. The van der Waals surface area contributed by atoms with Crippen molar-refractivity contribution < 1.29 is 14.0 Å². The Morgan fingerprint density at radius 2 is 2.09 bits per heavy atom. The molecule has 0 saturated carbocycles. The van der Waals surface area contributed by atoms with Crippen LogP contribution in [0, 0.1) is 5.82 Å². The van der Waals surface area contributed by atoms with Gasteiger partial charge in [0, 0.05) is 23.7 Å². The van der Waals surface area contributed by atoms with E-state index in [1.807, 2.05) is 6.07 Å². The first-order valence-electron chi connectivity index (χ1n) is 7.88. The monoisotopic (exact) mass is 337 g/mol. The van der Waals surface area contributed by atoms with Gasteiger partial charge in [-0.15, -0.1) is 11.8 Å². The normalized spacial score (nSPS) is 20.0. The highest BCUT2D eigenvalue weighted by Crippen LogP contribution is 2.37. The third-order valence-corrected chi connectivity index (χ3v) is 5.35. The maximum Gasteiger partial charge on any atom is 0.315 e. The lowest BCUT2D eigenvalue weighted by Crippen LogP contribution is -2.44. The van der Waals surface area contributed by atoms with Gasteiger partial charge in [0.1, 0.15) is 5.82 Å². The maximum atomic E-state index is 13.8. The van der Waals surface area contributed by atoms with Crippen molar-refractivity contribution in [1.29, 1.82) is 0 Å². The van der Waals surface area contributed by atoms with Gasteiger partial charge < -0.3 is 15.5 Å². The topological polar surface area (TPSA) is 61.4 Å². The summed E-state index contributed by atoms with van der Waals surface area (Å²) in [5.41, 5.74) is 0.808. The summed E-state index contributed by atoms with van der Waals surface area (Å²) >= 11 is 1.47. The average molecular weight is 337 g/mol. The standard InChI is InChI=1S/C16H20FN3O2S/c17-12-5-3-4-11-13(6-9-23-15(11)12)19-16(22)18-10-14(21)20-7-1-2-8-20/h3-5,13H,1-2,6-10H2,(H2,18,19,22). The first-order chi connectivity index (χ1) is 11.1. The summed E-state index contributed by atoms with van der Waals surface area (Å²) in [5, 5.41) is 5.46. The number of hydrogen-bond donors (Lipinski definition) is 2. The van der Waals surface area contributed by atoms with Crippen molar-refractivity contribution >= 4 is 23.7 Å². The smallest absolute Gasteiger partial charge is 0.315 e. The molecule has 2 heterocycles. The highest BCUT2D eigenvalue weighted by Gasteiger charge is 2.25. The van der Waals surface area contributed by atoms with E-state index in [0.29, 0.717) is 4.90 Å². The largest absolute Gasteiger partial charge is 0.341 e. The number of nitrogens with zero attached hydrogens (tertiary/aromatic N) is 1. The van der Waals surface area contributed by atoms with E-state index in [0.717, 1.165) is 43.7 Å². The number of halogens is 1. The highest BCUT2D eigenvalue weighted by molar-refractivity contribution is 7.99. The minimum Gasteiger partial charge on any atom is -0.341 e. The van der Waals surface area contributed by atoms with Gasteiger partial charge >= 0.3 is 6.03 Å². The molecule has 0 bridgehead atoms. The molecule has 0 radical (unpaired) electrons. The fourth-order valence-corrected chi connectivity index (χ4v) is 4.12. The van der Waals surface area contributed by atoms with Gasteiger partial charge in [0.2, 0.25) is 5.91 Å². The number of amides is 3. The molecule has 1 saturated heterocycles. The van der Waals surface area contributed by atoms with Gasteiger partial charge in [-0.1, -0.05) is 12.1 Å². The SMILES string of the molecule is O=C(NCC(=O)N1CCCC1)NC1CCSc2c(F)cccc21. The summed E-state index contributed by atoms with van der Waals surface area (Å²) in [6.07, 6.45) is 2.80. The number of carbonyl (C=O) groups is 2. The first-order valence-corrected chi connectivity index (χ1v) is 8.87. The Balaban J connectivity index is 1.55. The number of rotatable bonds is 3. The minimum atomic E-state index is -0.385. The van der Waals surface area contributed by atoms with Gasteiger partial charge in [-0.2, -0.15) is 0 Å². The molecule has 1 aromatic carbocycles. The molecule has 5 nitrogen and oxygen atoms in total. The summed E-state index contributed by atoms with van der Waals surface area (Å²) < 4.78 is 13.8. The van der Waals surface area contributed by atoms with Gasteiger partial charge in [-0.05, 0) is 30.9 Å². The van der Waals surface area contributed by atoms with Crippen LogP contribution >= 0.6 is 11.8 Å². The highest BCUT2D eigenvalue weighted by atomic mass is 32.2. The lowest BCUT2D eigenvalue weighted by Gasteiger charge is -2.26. The molecule has 1 fully saturated rings. The van der Waals surface area contributed by atoms with Crippen LogP contribution in [0.1, 0.15) is 30.9 Å². The Morgan fingerprint density at radius 1 is 1.30 bits per heavy atom. The van der Waals surface area contributed by atoms with Crippen molar-refractivity contribution in [3.05, 3.63) is 29.6 Å². The molecule has 7 heteroatoms. The van der Waals surface area contributed by atoms with Crippen LogP contribution in [0.4, 0.5) is 9.18 Å². The fourth-order valence-electron chi connectivity index (χ4n) is 2.98. The molecular formula is C16H20FN3O2S. The van der Waals surface area contributed by atoms with Crippen molar-refractivity contribution in [2.45, 2.75) is 30.2 Å². The Hall–Kier alpha value is -1.76. The Bertz CT molecular complexity index is 605. The molecule has 2 aliphatic rings. The lowest BCUT2D eigenvalue weighted by molar-refractivity contribution is -0.128. The molecule has 0 spiro atoms. The third kappa shape index (κ3) is 3.77. The third-order valence-electron chi connectivity index (χ3n) is 4.19. The number of likely N-dealkylation sites (tertiary alicyclic amines) is 1. The molecule has 23 heavy (non-hydrogen) atoms. The van der Waals surface area contributed by atoms with Crippen molar-refractivity contribution in [3.8, 4) is 0 Å². The van der Waals surface area contributed by atoms with E-state index < -0.39 is 0 Å². The van der Waals surface area contributed by atoms with Crippen LogP contribution in [-0.2, 0) is 4.79 Å². The van der Waals surface area contributed by atoms with Crippen molar-refractivity contribution in [3.63, 3.8) is 0 Å². The predicted octanol–water partition coefficient (Wildman–Crippen LogP) is 2.28. The van der Waals surface area contributed by atoms with E-state index in [9.17, 15) is 14.0 Å². The summed E-state index contributed by atoms with van der Waals surface area (Å²) in [6.45, 7) is 1.55. The quantitative estimate of drug-likeness (QED) is 0.890. The molecule has 1 aromatic rings. The molecule has 1 unspecified atom stereocenters. The van der Waals surface area contributed by atoms with Crippen LogP contribution in [0.2, 0.25) is 0 Å². The Kier molecular flexibility index (Phi) is 5.05. The zero-order chi connectivity index (χ0) is 16.2. The van der Waals surface area contributed by atoms with Crippen LogP contribution in [0.5, 0.6) is 0 Å². The number of thioether (sulfide) groups is 1. The first kappa shape index (κ1) is 16.1. The number of carbonyl (C=O) groups excluding carboxylic acids is 2. The van der Waals surface area contributed by atoms with E-state index in [1.54, 1.807) is 11.0 Å². The van der Waals surface area contributed by atoms with Crippen LogP contribution in [0.25, 0.3) is 0 Å². The summed E-state index contributed by atoms with van der Waals surface area (Å²) in [6, 6.07) is 4.32. The average Bonchev–Trinajstić information content (AvgIpc) is 3.08. The molecule has 0 aliphatic carbocycles. The lowest BCUT2D eigenvalue weighted by atomic mass is 10.0. The maximum absolute atomic E-state index is 13.8. The minimum absolute atomic E-state index is 0.00328. The second-order valence-electron chi connectivity index (χ2n) is 5.76. The van der Waals surface area contributed by atoms with E-state index >= 15 is 0 Å². The van der Waals surface area contributed by atoms with Gasteiger partial charge in [-0.3, -0.25) is 4.79 Å². The summed E-state index contributed by atoms with van der Waals surface area (Å²) in [4.78, 5) is 26.3. The molecule has 3 amide bonds. The number of hydrogen-bond acceptors (Lipinski definition) is 3. The van der Waals surface area contributed by atoms with Gasteiger partial charge in [0.05, 0.1) is 12.6 Å². The summed E-state index contributed by atoms with van der Waals surface area (Å²) in [5.74, 6) is 0.456.